The fourth-order valence-corrected chi connectivity index (χ4v) is 5.24. The zero-order valence-corrected chi connectivity index (χ0v) is 14.5. The molecule has 1 saturated carbocycles. The van der Waals surface area contributed by atoms with E-state index < -0.39 is 10.0 Å². The number of benzene rings is 1. The molecule has 118 valence electrons. The second kappa shape index (κ2) is 6.64. The second-order valence-electron chi connectivity index (χ2n) is 5.42. The molecule has 0 atom stereocenters. The van der Waals surface area contributed by atoms with Gasteiger partial charge in [0.1, 0.15) is 0 Å². The number of sulfonamides is 1. The molecular formula is C14H21BrN2O3S. The number of aryl methyl sites for hydroxylation is 1. The average molecular weight is 377 g/mol. The number of halogens is 1. The molecule has 0 aliphatic heterocycles. The summed E-state index contributed by atoms with van der Waals surface area (Å²) in [5, 5.41) is 9.24. The standard InChI is InChI=1S/C14H21BrN2O3S/c1-10-8-12(15)13(16)9-14(10)21(19,20)17(6-7-18)11-4-2-3-5-11/h8-9,11,18H,2-7,16H2,1H3. The van der Waals surface area contributed by atoms with Crippen molar-refractivity contribution < 1.29 is 13.5 Å². The predicted molar refractivity (Wildman–Crippen MR) is 86.5 cm³/mol. The fraction of sp³-hybridized carbons (Fsp3) is 0.571. The predicted octanol–water partition coefficient (Wildman–Crippen LogP) is 2.27. The number of nitrogens with two attached hydrogens (primary N) is 1. The Morgan fingerprint density at radius 2 is 2.00 bits per heavy atom. The van der Waals surface area contributed by atoms with Crippen LogP contribution in [0.15, 0.2) is 21.5 Å². The van der Waals surface area contributed by atoms with Gasteiger partial charge in [-0.05, 0) is 53.4 Å². The second-order valence-corrected chi connectivity index (χ2v) is 8.13. The molecule has 0 bridgehead atoms. The summed E-state index contributed by atoms with van der Waals surface area (Å²) in [5.41, 5.74) is 6.88. The van der Waals surface area contributed by atoms with E-state index in [2.05, 4.69) is 15.9 Å². The van der Waals surface area contributed by atoms with Crippen LogP contribution in [0.3, 0.4) is 0 Å². The minimum Gasteiger partial charge on any atom is -0.398 e. The zero-order chi connectivity index (χ0) is 15.6. The highest BCUT2D eigenvalue weighted by Crippen LogP contribution is 2.32. The average Bonchev–Trinajstić information content (AvgIpc) is 2.93. The topological polar surface area (TPSA) is 83.6 Å². The van der Waals surface area contributed by atoms with Crippen molar-refractivity contribution in [1.29, 1.82) is 0 Å². The fourth-order valence-electron chi connectivity index (χ4n) is 2.86. The normalized spacial score (nSPS) is 16.8. The van der Waals surface area contributed by atoms with E-state index in [-0.39, 0.29) is 24.1 Å². The molecule has 0 unspecified atom stereocenters. The van der Waals surface area contributed by atoms with Gasteiger partial charge in [-0.25, -0.2) is 8.42 Å². The van der Waals surface area contributed by atoms with Crippen LogP contribution in [-0.4, -0.2) is 37.0 Å². The Balaban J connectivity index is 2.45. The van der Waals surface area contributed by atoms with Gasteiger partial charge in [-0.1, -0.05) is 12.8 Å². The minimum absolute atomic E-state index is 0.0218. The van der Waals surface area contributed by atoms with Crippen molar-refractivity contribution in [3.05, 3.63) is 22.2 Å². The quantitative estimate of drug-likeness (QED) is 0.771. The summed E-state index contributed by atoms with van der Waals surface area (Å²) in [6.45, 7) is 1.70. The number of aliphatic hydroxyl groups excluding tert-OH is 1. The number of aliphatic hydroxyl groups is 1. The van der Waals surface area contributed by atoms with E-state index in [0.29, 0.717) is 15.7 Å². The number of anilines is 1. The molecule has 0 saturated heterocycles. The summed E-state index contributed by atoms with van der Waals surface area (Å²) in [5.74, 6) is 0. The first kappa shape index (κ1) is 16.7. The van der Waals surface area contributed by atoms with E-state index in [1.54, 1.807) is 13.0 Å². The third kappa shape index (κ3) is 3.41. The third-order valence-electron chi connectivity index (χ3n) is 3.93. The lowest BCUT2D eigenvalue weighted by Gasteiger charge is -2.28. The summed E-state index contributed by atoms with van der Waals surface area (Å²) in [7, 11) is -3.64. The summed E-state index contributed by atoms with van der Waals surface area (Å²) in [4.78, 5) is 0.226. The summed E-state index contributed by atoms with van der Waals surface area (Å²) >= 11 is 3.31. The van der Waals surface area contributed by atoms with Gasteiger partial charge in [-0.3, -0.25) is 0 Å². The first-order valence-corrected chi connectivity index (χ1v) is 9.29. The number of nitrogen functional groups attached to an aromatic ring is 1. The van der Waals surface area contributed by atoms with Crippen LogP contribution < -0.4 is 5.73 Å². The molecule has 5 nitrogen and oxygen atoms in total. The maximum atomic E-state index is 12.9. The van der Waals surface area contributed by atoms with E-state index in [1.807, 2.05) is 0 Å². The van der Waals surface area contributed by atoms with Crippen molar-refractivity contribution in [2.45, 2.75) is 43.5 Å². The Bertz CT molecular complexity index is 613. The lowest BCUT2D eigenvalue weighted by atomic mass is 10.2. The molecule has 0 heterocycles. The van der Waals surface area contributed by atoms with Crippen molar-refractivity contribution in [1.82, 2.24) is 4.31 Å². The van der Waals surface area contributed by atoms with Gasteiger partial charge in [0, 0.05) is 22.7 Å². The van der Waals surface area contributed by atoms with E-state index in [4.69, 9.17) is 5.73 Å². The highest BCUT2D eigenvalue weighted by Gasteiger charge is 2.33. The van der Waals surface area contributed by atoms with Gasteiger partial charge in [-0.2, -0.15) is 4.31 Å². The monoisotopic (exact) mass is 376 g/mol. The SMILES string of the molecule is Cc1cc(Br)c(N)cc1S(=O)(=O)N(CCO)C1CCCC1. The van der Waals surface area contributed by atoms with E-state index >= 15 is 0 Å². The van der Waals surface area contributed by atoms with Crippen LogP contribution >= 0.6 is 15.9 Å². The highest BCUT2D eigenvalue weighted by molar-refractivity contribution is 9.10. The third-order valence-corrected chi connectivity index (χ3v) is 6.71. The molecule has 1 fully saturated rings. The minimum atomic E-state index is -3.64. The summed E-state index contributed by atoms with van der Waals surface area (Å²) in [6.07, 6.45) is 3.77. The molecule has 0 amide bonds. The number of hydrogen-bond acceptors (Lipinski definition) is 4. The van der Waals surface area contributed by atoms with Gasteiger partial charge in [0.15, 0.2) is 0 Å². The van der Waals surface area contributed by atoms with Crippen LogP contribution in [0, 0.1) is 6.92 Å². The Morgan fingerprint density at radius 1 is 1.38 bits per heavy atom. The summed E-state index contributed by atoms with van der Waals surface area (Å²) in [6, 6.07) is 3.19. The molecule has 0 radical (unpaired) electrons. The molecule has 21 heavy (non-hydrogen) atoms. The maximum absolute atomic E-state index is 12.9. The molecule has 0 spiro atoms. The van der Waals surface area contributed by atoms with Crippen LogP contribution in [-0.2, 0) is 10.0 Å². The summed E-state index contributed by atoms with van der Waals surface area (Å²) < 4.78 is 28.0. The van der Waals surface area contributed by atoms with Gasteiger partial charge in [0.05, 0.1) is 11.5 Å². The first-order chi connectivity index (χ1) is 9.87. The first-order valence-electron chi connectivity index (χ1n) is 7.06. The molecule has 0 aromatic heterocycles. The van der Waals surface area contributed by atoms with Crippen LogP contribution in [0.1, 0.15) is 31.2 Å². The van der Waals surface area contributed by atoms with E-state index in [9.17, 15) is 13.5 Å². The van der Waals surface area contributed by atoms with Crippen molar-refractivity contribution >= 4 is 31.6 Å². The van der Waals surface area contributed by atoms with Crippen LogP contribution in [0.25, 0.3) is 0 Å². The lowest BCUT2D eigenvalue weighted by Crippen LogP contribution is -2.41. The molecule has 1 aliphatic rings. The van der Waals surface area contributed by atoms with Gasteiger partial charge < -0.3 is 10.8 Å². The smallest absolute Gasteiger partial charge is 0.243 e. The Morgan fingerprint density at radius 3 is 2.57 bits per heavy atom. The van der Waals surface area contributed by atoms with Crippen molar-refractivity contribution in [3.63, 3.8) is 0 Å². The van der Waals surface area contributed by atoms with Gasteiger partial charge >= 0.3 is 0 Å². The largest absolute Gasteiger partial charge is 0.398 e. The Labute approximate surface area is 134 Å². The molecule has 7 heteroatoms. The molecule has 1 aliphatic carbocycles. The molecule has 1 aromatic rings. The highest BCUT2D eigenvalue weighted by atomic mass is 79.9. The van der Waals surface area contributed by atoms with Crippen molar-refractivity contribution in [3.8, 4) is 0 Å². The zero-order valence-electron chi connectivity index (χ0n) is 12.0. The van der Waals surface area contributed by atoms with E-state index in [0.717, 1.165) is 25.7 Å². The number of rotatable bonds is 5. The number of hydrogen-bond donors (Lipinski definition) is 2. The van der Waals surface area contributed by atoms with Crippen LogP contribution in [0.5, 0.6) is 0 Å². The van der Waals surface area contributed by atoms with Gasteiger partial charge in [-0.15, -0.1) is 0 Å². The Kier molecular flexibility index (Phi) is 5.29. The van der Waals surface area contributed by atoms with E-state index in [1.165, 1.54) is 10.4 Å². The van der Waals surface area contributed by atoms with Crippen molar-refractivity contribution in [2.75, 3.05) is 18.9 Å². The molecule has 1 aromatic carbocycles. The number of nitrogens with zero attached hydrogens (tertiary/aromatic N) is 1. The van der Waals surface area contributed by atoms with Crippen LogP contribution in [0.4, 0.5) is 5.69 Å². The Hall–Kier alpha value is -0.630. The lowest BCUT2D eigenvalue weighted by molar-refractivity contribution is 0.226. The van der Waals surface area contributed by atoms with Crippen molar-refractivity contribution in [2.24, 2.45) is 0 Å². The molecule has 2 rings (SSSR count). The molecule has 3 N–H and O–H groups in total. The van der Waals surface area contributed by atoms with Gasteiger partial charge in [0.2, 0.25) is 10.0 Å². The van der Waals surface area contributed by atoms with Gasteiger partial charge in [0.25, 0.3) is 0 Å². The van der Waals surface area contributed by atoms with Crippen LogP contribution in [0.2, 0.25) is 0 Å². The maximum Gasteiger partial charge on any atom is 0.243 e. The molecular weight excluding hydrogens is 356 g/mol.